The van der Waals surface area contributed by atoms with E-state index < -0.39 is 0 Å². The van der Waals surface area contributed by atoms with Crippen molar-refractivity contribution in [2.45, 2.75) is 19.9 Å². The Morgan fingerprint density at radius 1 is 1.32 bits per heavy atom. The van der Waals surface area contributed by atoms with Crippen LogP contribution in [0.4, 0.5) is 5.82 Å². The maximum absolute atomic E-state index is 5.62. The van der Waals surface area contributed by atoms with Crippen LogP contribution in [-0.4, -0.2) is 55.1 Å². The number of rotatable bonds is 3. The minimum absolute atomic E-state index is 0.265. The van der Waals surface area contributed by atoms with Crippen LogP contribution in [0.3, 0.4) is 0 Å². The first kappa shape index (κ1) is 17.3. The Morgan fingerprint density at radius 3 is 2.93 bits per heavy atom. The molecule has 0 aromatic carbocycles. The lowest BCUT2D eigenvalue weighted by atomic mass is 10.1. The number of hydrogen-bond acceptors (Lipinski definition) is 7. The molecule has 0 bridgehead atoms. The third-order valence-corrected chi connectivity index (χ3v) is 5.99. The Bertz CT molecular complexity index is 1140. The second-order valence-electron chi connectivity index (χ2n) is 7.13. The summed E-state index contributed by atoms with van der Waals surface area (Å²) in [7, 11) is 1.96. The fourth-order valence-electron chi connectivity index (χ4n) is 3.66. The van der Waals surface area contributed by atoms with Crippen LogP contribution in [0.25, 0.3) is 32.9 Å². The molecule has 0 radical (unpaired) electrons. The Hall–Kier alpha value is -2.78. The standard InChI is InChI=1S/C19H21N7OS/c1-11-8-14(23-22-11)17-18-19(28-24-17)13(15-4-5-20-25(15)3)9-16(21-18)26-6-7-27-10-12(26)2/h4-5,8-9,12H,6-7,10H2,1-3H3,(H,22,23). The summed E-state index contributed by atoms with van der Waals surface area (Å²) in [5, 5.41) is 11.8. The Balaban J connectivity index is 1.75. The topological polar surface area (TPSA) is 84.8 Å². The van der Waals surface area contributed by atoms with E-state index in [1.165, 1.54) is 11.5 Å². The molecule has 144 valence electrons. The molecule has 28 heavy (non-hydrogen) atoms. The number of ether oxygens (including phenoxy) is 1. The van der Waals surface area contributed by atoms with Gasteiger partial charge >= 0.3 is 0 Å². The van der Waals surface area contributed by atoms with Crippen molar-refractivity contribution in [2.24, 2.45) is 7.05 Å². The zero-order valence-electron chi connectivity index (χ0n) is 16.0. The Morgan fingerprint density at radius 2 is 2.21 bits per heavy atom. The maximum atomic E-state index is 5.62. The van der Waals surface area contributed by atoms with Crippen LogP contribution >= 0.6 is 11.5 Å². The molecule has 0 aliphatic carbocycles. The number of morpholine rings is 1. The van der Waals surface area contributed by atoms with E-state index in [0.717, 1.165) is 50.9 Å². The highest BCUT2D eigenvalue weighted by Crippen LogP contribution is 2.38. The summed E-state index contributed by atoms with van der Waals surface area (Å²) >= 11 is 1.46. The first-order valence-electron chi connectivity index (χ1n) is 9.27. The van der Waals surface area contributed by atoms with Gasteiger partial charge in [-0.2, -0.15) is 14.6 Å². The van der Waals surface area contributed by atoms with Gasteiger partial charge in [0.25, 0.3) is 0 Å². The Labute approximate surface area is 166 Å². The summed E-state index contributed by atoms with van der Waals surface area (Å²) in [5.74, 6) is 0.938. The minimum Gasteiger partial charge on any atom is -0.377 e. The van der Waals surface area contributed by atoms with E-state index in [1.54, 1.807) is 0 Å². The van der Waals surface area contributed by atoms with Gasteiger partial charge in [0.1, 0.15) is 22.7 Å². The molecule has 1 unspecified atom stereocenters. The lowest BCUT2D eigenvalue weighted by Gasteiger charge is -2.34. The van der Waals surface area contributed by atoms with Gasteiger partial charge in [-0.1, -0.05) is 0 Å². The predicted molar refractivity (Wildman–Crippen MR) is 110 cm³/mol. The van der Waals surface area contributed by atoms with Gasteiger partial charge in [-0.25, -0.2) is 4.98 Å². The Kier molecular flexibility index (Phi) is 4.13. The monoisotopic (exact) mass is 395 g/mol. The van der Waals surface area contributed by atoms with E-state index in [9.17, 15) is 0 Å². The van der Waals surface area contributed by atoms with Crippen molar-refractivity contribution in [1.29, 1.82) is 0 Å². The van der Waals surface area contributed by atoms with Crippen molar-refractivity contribution in [3.63, 3.8) is 0 Å². The molecule has 0 amide bonds. The van der Waals surface area contributed by atoms with Crippen LogP contribution in [0.5, 0.6) is 0 Å². The van der Waals surface area contributed by atoms with E-state index >= 15 is 0 Å². The zero-order valence-corrected chi connectivity index (χ0v) is 16.8. The highest BCUT2D eigenvalue weighted by atomic mass is 32.1. The fraction of sp³-hybridized carbons (Fsp3) is 0.368. The van der Waals surface area contributed by atoms with Gasteiger partial charge in [0.15, 0.2) is 0 Å². The summed E-state index contributed by atoms with van der Waals surface area (Å²) < 4.78 is 13.3. The highest BCUT2D eigenvalue weighted by Gasteiger charge is 2.25. The zero-order chi connectivity index (χ0) is 19.3. The SMILES string of the molecule is Cc1cc(-c2nsc3c(-c4ccnn4C)cc(N4CCOCC4C)nc23)n[nH]1. The molecule has 5 heterocycles. The molecule has 1 atom stereocenters. The lowest BCUT2D eigenvalue weighted by molar-refractivity contribution is 0.0986. The third-order valence-electron chi connectivity index (χ3n) is 5.12. The van der Waals surface area contributed by atoms with E-state index in [4.69, 9.17) is 14.1 Å². The molecule has 4 aromatic rings. The van der Waals surface area contributed by atoms with Gasteiger partial charge in [0, 0.05) is 31.0 Å². The van der Waals surface area contributed by atoms with E-state index in [0.29, 0.717) is 13.2 Å². The maximum Gasteiger partial charge on any atom is 0.131 e. The van der Waals surface area contributed by atoms with Crippen molar-refractivity contribution in [1.82, 2.24) is 29.3 Å². The van der Waals surface area contributed by atoms with Crippen LogP contribution in [0, 0.1) is 6.92 Å². The average Bonchev–Trinajstić information content (AvgIpc) is 3.41. The van der Waals surface area contributed by atoms with Crippen LogP contribution < -0.4 is 4.90 Å². The highest BCUT2D eigenvalue weighted by molar-refractivity contribution is 7.14. The van der Waals surface area contributed by atoms with Gasteiger partial charge < -0.3 is 9.64 Å². The number of pyridine rings is 1. The smallest absolute Gasteiger partial charge is 0.131 e. The van der Waals surface area contributed by atoms with E-state index in [-0.39, 0.29) is 6.04 Å². The number of hydrogen-bond donors (Lipinski definition) is 1. The average molecular weight is 395 g/mol. The number of aromatic amines is 1. The first-order chi connectivity index (χ1) is 13.6. The van der Waals surface area contributed by atoms with Gasteiger partial charge in [0.05, 0.1) is 29.6 Å². The summed E-state index contributed by atoms with van der Waals surface area (Å²) in [6, 6.07) is 6.45. The molecule has 4 aromatic heterocycles. The van der Waals surface area contributed by atoms with Crippen LogP contribution in [-0.2, 0) is 11.8 Å². The molecular formula is C19H21N7OS. The molecule has 9 heteroatoms. The molecule has 1 aliphatic rings. The van der Waals surface area contributed by atoms with Crippen molar-refractivity contribution in [3.8, 4) is 22.6 Å². The van der Waals surface area contributed by atoms with Gasteiger partial charge in [-0.05, 0) is 43.6 Å². The van der Waals surface area contributed by atoms with Crippen molar-refractivity contribution in [3.05, 3.63) is 30.1 Å². The molecule has 1 N–H and O–H groups in total. The van der Waals surface area contributed by atoms with Gasteiger partial charge in [-0.3, -0.25) is 9.78 Å². The molecule has 1 saturated heterocycles. The van der Waals surface area contributed by atoms with Crippen molar-refractivity contribution >= 4 is 27.6 Å². The van der Waals surface area contributed by atoms with Gasteiger partial charge in [-0.15, -0.1) is 0 Å². The fourth-order valence-corrected chi connectivity index (χ4v) is 4.51. The second kappa shape index (κ2) is 6.68. The second-order valence-corrected chi connectivity index (χ2v) is 7.90. The molecule has 5 rings (SSSR count). The largest absolute Gasteiger partial charge is 0.377 e. The van der Waals surface area contributed by atoms with Crippen LogP contribution in [0.15, 0.2) is 24.4 Å². The van der Waals surface area contributed by atoms with Gasteiger partial charge in [0.2, 0.25) is 0 Å². The summed E-state index contributed by atoms with van der Waals surface area (Å²) in [5.41, 5.74) is 5.65. The van der Waals surface area contributed by atoms with E-state index in [2.05, 4.69) is 33.2 Å². The molecular weight excluding hydrogens is 374 g/mol. The van der Waals surface area contributed by atoms with E-state index in [1.807, 2.05) is 37.0 Å². The number of H-pyrrole nitrogens is 1. The number of nitrogens with one attached hydrogen (secondary N) is 1. The molecule has 0 spiro atoms. The summed E-state index contributed by atoms with van der Waals surface area (Å²) in [6.07, 6.45) is 1.82. The number of fused-ring (bicyclic) bond motifs is 1. The molecule has 8 nitrogen and oxygen atoms in total. The lowest BCUT2D eigenvalue weighted by Crippen LogP contribution is -2.44. The summed E-state index contributed by atoms with van der Waals surface area (Å²) in [6.45, 7) is 6.38. The van der Waals surface area contributed by atoms with Crippen molar-refractivity contribution in [2.75, 3.05) is 24.7 Å². The number of aryl methyl sites for hydroxylation is 2. The molecule has 1 fully saturated rings. The number of nitrogens with zero attached hydrogens (tertiary/aromatic N) is 6. The summed E-state index contributed by atoms with van der Waals surface area (Å²) in [4.78, 5) is 7.34. The third kappa shape index (κ3) is 2.78. The normalized spacial score (nSPS) is 17.5. The minimum atomic E-state index is 0.265. The molecule has 0 saturated carbocycles. The van der Waals surface area contributed by atoms with Crippen molar-refractivity contribution < 1.29 is 4.74 Å². The number of aromatic nitrogens is 6. The van der Waals surface area contributed by atoms with Crippen LogP contribution in [0.2, 0.25) is 0 Å². The first-order valence-corrected chi connectivity index (χ1v) is 10.0. The number of anilines is 1. The molecule has 1 aliphatic heterocycles. The van der Waals surface area contributed by atoms with Crippen LogP contribution in [0.1, 0.15) is 12.6 Å². The quantitative estimate of drug-likeness (QED) is 0.574. The predicted octanol–water partition coefficient (Wildman–Crippen LogP) is 3.02.